The van der Waals surface area contributed by atoms with Gasteiger partial charge in [-0.3, -0.25) is 4.98 Å². The molecule has 1 aromatic rings. The van der Waals surface area contributed by atoms with Gasteiger partial charge < -0.3 is 5.32 Å². The van der Waals surface area contributed by atoms with E-state index < -0.39 is 0 Å². The highest BCUT2D eigenvalue weighted by molar-refractivity contribution is 6.31. The van der Waals surface area contributed by atoms with Crippen molar-refractivity contribution in [3.63, 3.8) is 0 Å². The van der Waals surface area contributed by atoms with Gasteiger partial charge in [-0.1, -0.05) is 37.8 Å². The van der Waals surface area contributed by atoms with Crippen LogP contribution in [0.4, 0.5) is 0 Å². The number of aromatic nitrogens is 1. The van der Waals surface area contributed by atoms with Gasteiger partial charge in [0.15, 0.2) is 0 Å². The van der Waals surface area contributed by atoms with Crippen molar-refractivity contribution in [3.05, 3.63) is 29.0 Å². The number of nitrogens with one attached hydrogen (secondary N) is 1. The van der Waals surface area contributed by atoms with E-state index in [2.05, 4.69) is 17.2 Å². The van der Waals surface area contributed by atoms with Gasteiger partial charge in [-0.25, -0.2) is 0 Å². The molecule has 2 nitrogen and oxygen atoms in total. The smallest absolute Gasteiger partial charge is 0.0621 e. The largest absolute Gasteiger partial charge is 0.317 e. The Morgan fingerprint density at radius 3 is 2.88 bits per heavy atom. The average molecular weight is 241 g/mol. The summed E-state index contributed by atoms with van der Waals surface area (Å²) in [4.78, 5) is 4.00. The van der Waals surface area contributed by atoms with Crippen molar-refractivity contribution in [1.82, 2.24) is 10.3 Å². The van der Waals surface area contributed by atoms with E-state index in [-0.39, 0.29) is 0 Å². The zero-order valence-electron chi connectivity index (χ0n) is 10.2. The molecule has 1 N–H and O–H groups in total. The maximum absolute atomic E-state index is 6.10. The van der Waals surface area contributed by atoms with Gasteiger partial charge in [0, 0.05) is 18.4 Å². The Hall–Kier alpha value is -0.600. The van der Waals surface area contributed by atoms with Crippen molar-refractivity contribution in [1.29, 1.82) is 0 Å². The monoisotopic (exact) mass is 240 g/mol. The molecule has 0 saturated carbocycles. The molecule has 1 heterocycles. The number of unbranched alkanes of at least 4 members (excludes halogenated alkanes) is 2. The molecule has 0 aliphatic carbocycles. The lowest BCUT2D eigenvalue weighted by Gasteiger charge is -2.16. The van der Waals surface area contributed by atoms with Gasteiger partial charge in [0.05, 0.1) is 5.02 Å². The molecule has 1 rings (SSSR count). The molecule has 0 fully saturated rings. The molecule has 0 aliphatic rings. The highest BCUT2D eigenvalue weighted by Crippen LogP contribution is 2.17. The maximum Gasteiger partial charge on any atom is 0.0621 e. The van der Waals surface area contributed by atoms with Gasteiger partial charge >= 0.3 is 0 Å². The lowest BCUT2D eigenvalue weighted by atomic mass is 10.0. The summed E-state index contributed by atoms with van der Waals surface area (Å²) in [5, 5.41) is 4.13. The molecule has 0 amide bonds. The molecule has 1 unspecified atom stereocenters. The molecule has 0 spiro atoms. The average Bonchev–Trinajstić information content (AvgIpc) is 2.30. The van der Waals surface area contributed by atoms with E-state index in [0.717, 1.165) is 11.4 Å². The van der Waals surface area contributed by atoms with Crippen LogP contribution in [0.2, 0.25) is 5.02 Å². The van der Waals surface area contributed by atoms with E-state index in [1.807, 2.05) is 13.1 Å². The summed E-state index contributed by atoms with van der Waals surface area (Å²) in [6.07, 6.45) is 9.58. The summed E-state index contributed by atoms with van der Waals surface area (Å²) in [5.74, 6) is 0. The molecule has 1 atom stereocenters. The van der Waals surface area contributed by atoms with Crippen LogP contribution >= 0.6 is 11.6 Å². The standard InChI is InChI=1S/C13H21ClN2/c1-3-4-5-6-12(15-2)9-11-7-8-16-10-13(11)14/h7-8,10,12,15H,3-6,9H2,1-2H3. The zero-order chi connectivity index (χ0) is 11.8. The molecule has 90 valence electrons. The quantitative estimate of drug-likeness (QED) is 0.739. The fraction of sp³-hybridized carbons (Fsp3) is 0.615. The summed E-state index contributed by atoms with van der Waals surface area (Å²) in [5.41, 5.74) is 1.19. The Morgan fingerprint density at radius 1 is 1.44 bits per heavy atom. The predicted octanol–water partition coefficient (Wildman–Crippen LogP) is 3.45. The topological polar surface area (TPSA) is 24.9 Å². The Bertz CT molecular complexity index is 302. The third-order valence-corrected chi connectivity index (χ3v) is 3.23. The normalized spacial score (nSPS) is 12.7. The van der Waals surface area contributed by atoms with Gasteiger partial charge in [-0.2, -0.15) is 0 Å². The molecule has 0 aromatic carbocycles. The van der Waals surface area contributed by atoms with Crippen molar-refractivity contribution in [2.24, 2.45) is 0 Å². The number of hydrogen-bond acceptors (Lipinski definition) is 2. The molecule has 1 aromatic heterocycles. The Labute approximate surface area is 103 Å². The molecular weight excluding hydrogens is 220 g/mol. The number of nitrogens with zero attached hydrogens (tertiary/aromatic N) is 1. The number of pyridine rings is 1. The molecule has 3 heteroatoms. The maximum atomic E-state index is 6.10. The molecular formula is C13H21ClN2. The van der Waals surface area contributed by atoms with Gasteiger partial charge in [-0.15, -0.1) is 0 Å². The van der Waals surface area contributed by atoms with Crippen molar-refractivity contribution in [2.45, 2.75) is 45.1 Å². The van der Waals surface area contributed by atoms with Gasteiger partial charge in [0.2, 0.25) is 0 Å². The van der Waals surface area contributed by atoms with Crippen LogP contribution in [0.15, 0.2) is 18.5 Å². The minimum Gasteiger partial charge on any atom is -0.317 e. The van der Waals surface area contributed by atoms with E-state index in [1.165, 1.54) is 31.2 Å². The second-order valence-electron chi connectivity index (χ2n) is 4.15. The van der Waals surface area contributed by atoms with Crippen molar-refractivity contribution >= 4 is 11.6 Å². The van der Waals surface area contributed by atoms with E-state index in [0.29, 0.717) is 6.04 Å². The van der Waals surface area contributed by atoms with Gasteiger partial charge in [-0.05, 0) is 31.5 Å². The highest BCUT2D eigenvalue weighted by Gasteiger charge is 2.09. The fourth-order valence-electron chi connectivity index (χ4n) is 1.82. The van der Waals surface area contributed by atoms with Crippen LogP contribution in [0.1, 0.15) is 38.2 Å². The minimum atomic E-state index is 0.520. The van der Waals surface area contributed by atoms with Crippen molar-refractivity contribution in [2.75, 3.05) is 7.05 Å². The summed E-state index contributed by atoms with van der Waals surface area (Å²) in [6, 6.07) is 2.53. The SMILES string of the molecule is CCCCCC(Cc1ccncc1Cl)NC. The van der Waals surface area contributed by atoms with E-state index >= 15 is 0 Å². The van der Waals surface area contributed by atoms with Crippen molar-refractivity contribution in [3.8, 4) is 0 Å². The molecule has 0 aliphatic heterocycles. The lowest BCUT2D eigenvalue weighted by Crippen LogP contribution is -2.27. The predicted molar refractivity (Wildman–Crippen MR) is 69.9 cm³/mol. The first-order valence-corrected chi connectivity index (χ1v) is 6.41. The first kappa shape index (κ1) is 13.5. The van der Waals surface area contributed by atoms with Crippen LogP contribution in [0.25, 0.3) is 0 Å². The molecule has 0 bridgehead atoms. The number of halogens is 1. The van der Waals surface area contributed by atoms with Crippen molar-refractivity contribution < 1.29 is 0 Å². The van der Waals surface area contributed by atoms with Crippen LogP contribution in [0.5, 0.6) is 0 Å². The van der Waals surface area contributed by atoms with E-state index in [1.54, 1.807) is 12.4 Å². The Kier molecular flexibility index (Phi) is 6.43. The summed E-state index contributed by atoms with van der Waals surface area (Å²) >= 11 is 6.10. The molecule has 16 heavy (non-hydrogen) atoms. The number of likely N-dealkylation sites (N-methyl/N-ethyl adjacent to an activating group) is 1. The summed E-state index contributed by atoms with van der Waals surface area (Å²) in [6.45, 7) is 2.23. The van der Waals surface area contributed by atoms with Crippen LogP contribution in [-0.2, 0) is 6.42 Å². The first-order chi connectivity index (χ1) is 7.77. The second-order valence-corrected chi connectivity index (χ2v) is 4.56. The number of rotatable bonds is 7. The van der Waals surface area contributed by atoms with Crippen LogP contribution < -0.4 is 5.32 Å². The highest BCUT2D eigenvalue weighted by atomic mass is 35.5. The lowest BCUT2D eigenvalue weighted by molar-refractivity contribution is 0.490. The Morgan fingerprint density at radius 2 is 2.25 bits per heavy atom. The van der Waals surface area contributed by atoms with Gasteiger partial charge in [0.25, 0.3) is 0 Å². The third-order valence-electron chi connectivity index (χ3n) is 2.89. The fourth-order valence-corrected chi connectivity index (χ4v) is 2.02. The van der Waals surface area contributed by atoms with Crippen LogP contribution in [0.3, 0.4) is 0 Å². The third kappa shape index (κ3) is 4.50. The van der Waals surface area contributed by atoms with Crippen LogP contribution in [0, 0.1) is 0 Å². The summed E-state index contributed by atoms with van der Waals surface area (Å²) < 4.78 is 0. The van der Waals surface area contributed by atoms with Gasteiger partial charge in [0.1, 0.15) is 0 Å². The van der Waals surface area contributed by atoms with Crippen LogP contribution in [-0.4, -0.2) is 18.1 Å². The first-order valence-electron chi connectivity index (χ1n) is 6.03. The number of hydrogen-bond donors (Lipinski definition) is 1. The zero-order valence-corrected chi connectivity index (χ0v) is 10.9. The van der Waals surface area contributed by atoms with E-state index in [9.17, 15) is 0 Å². The Balaban J connectivity index is 2.46. The minimum absolute atomic E-state index is 0.520. The molecule has 0 saturated heterocycles. The molecule has 0 radical (unpaired) electrons. The summed E-state index contributed by atoms with van der Waals surface area (Å²) in [7, 11) is 2.02. The second kappa shape index (κ2) is 7.64. The van der Waals surface area contributed by atoms with E-state index in [4.69, 9.17) is 11.6 Å².